The summed E-state index contributed by atoms with van der Waals surface area (Å²) in [4.78, 5) is 13.2. The van der Waals surface area contributed by atoms with Gasteiger partial charge in [0.2, 0.25) is 5.91 Å². The highest BCUT2D eigenvalue weighted by Gasteiger charge is 2.39. The lowest BCUT2D eigenvalue weighted by Crippen LogP contribution is -2.44. The molecule has 1 amide bonds. The van der Waals surface area contributed by atoms with Crippen molar-refractivity contribution in [1.82, 2.24) is 4.90 Å². The Hall–Kier alpha value is -1.01. The van der Waals surface area contributed by atoms with E-state index in [2.05, 4.69) is 5.92 Å². The molecule has 0 aromatic rings. The van der Waals surface area contributed by atoms with Gasteiger partial charge in [0.05, 0.1) is 18.6 Å². The molecule has 3 heteroatoms. The third kappa shape index (κ3) is 2.27. The molecule has 0 heterocycles. The van der Waals surface area contributed by atoms with E-state index in [1.807, 2.05) is 0 Å². The van der Waals surface area contributed by atoms with Crippen LogP contribution in [-0.2, 0) is 9.53 Å². The zero-order valence-electron chi connectivity index (χ0n) is 8.88. The molecule has 0 unspecified atom stereocenters. The summed E-state index contributed by atoms with van der Waals surface area (Å²) in [6.45, 7) is 0.374. The monoisotopic (exact) mass is 195 g/mol. The minimum Gasteiger partial charge on any atom is -0.378 e. The number of carbonyl (C=O) groups excluding carboxylic acids is 1. The van der Waals surface area contributed by atoms with Crippen molar-refractivity contribution in [3.05, 3.63) is 0 Å². The van der Waals surface area contributed by atoms with E-state index in [4.69, 9.17) is 11.2 Å². The van der Waals surface area contributed by atoms with Crippen LogP contribution in [0.25, 0.3) is 0 Å². The van der Waals surface area contributed by atoms with E-state index < -0.39 is 0 Å². The Kier molecular flexibility index (Phi) is 3.54. The van der Waals surface area contributed by atoms with E-state index in [-0.39, 0.29) is 11.5 Å². The molecule has 1 aliphatic carbocycles. The Morgan fingerprint density at radius 1 is 1.64 bits per heavy atom. The molecule has 0 saturated heterocycles. The average Bonchev–Trinajstić information content (AvgIpc) is 2.11. The number of hydrogen-bond donors (Lipinski definition) is 0. The third-order valence-electron chi connectivity index (χ3n) is 2.93. The normalized spacial score (nSPS) is 18.1. The van der Waals surface area contributed by atoms with Gasteiger partial charge in [-0.2, -0.15) is 0 Å². The van der Waals surface area contributed by atoms with Crippen LogP contribution in [0.2, 0.25) is 0 Å². The molecule has 1 fully saturated rings. The first-order valence-electron chi connectivity index (χ1n) is 4.86. The van der Waals surface area contributed by atoms with Crippen molar-refractivity contribution < 1.29 is 9.53 Å². The average molecular weight is 195 g/mol. The number of ether oxygens (including phenoxy) is 1. The van der Waals surface area contributed by atoms with Gasteiger partial charge in [-0.3, -0.25) is 4.79 Å². The van der Waals surface area contributed by atoms with Crippen LogP contribution < -0.4 is 0 Å². The molecule has 14 heavy (non-hydrogen) atoms. The van der Waals surface area contributed by atoms with Crippen LogP contribution in [-0.4, -0.2) is 37.1 Å². The SMILES string of the molecule is C#CCN(C)C(=O)CC1(OC)CCC1. The van der Waals surface area contributed by atoms with Crippen LogP contribution in [0.1, 0.15) is 25.7 Å². The van der Waals surface area contributed by atoms with Crippen LogP contribution in [0.3, 0.4) is 0 Å². The fourth-order valence-electron chi connectivity index (χ4n) is 1.66. The van der Waals surface area contributed by atoms with Gasteiger partial charge in [-0.05, 0) is 19.3 Å². The summed E-state index contributed by atoms with van der Waals surface area (Å²) < 4.78 is 5.37. The van der Waals surface area contributed by atoms with Gasteiger partial charge >= 0.3 is 0 Å². The van der Waals surface area contributed by atoms with E-state index >= 15 is 0 Å². The number of hydrogen-bond acceptors (Lipinski definition) is 2. The quantitative estimate of drug-likeness (QED) is 0.627. The first-order valence-corrected chi connectivity index (χ1v) is 4.86. The lowest BCUT2D eigenvalue weighted by molar-refractivity contribution is -0.142. The van der Waals surface area contributed by atoms with Gasteiger partial charge in [-0.25, -0.2) is 0 Å². The summed E-state index contributed by atoms with van der Waals surface area (Å²) in [7, 11) is 3.40. The van der Waals surface area contributed by atoms with Crippen molar-refractivity contribution in [1.29, 1.82) is 0 Å². The van der Waals surface area contributed by atoms with Gasteiger partial charge in [0.1, 0.15) is 0 Å². The Bertz CT molecular complexity index is 245. The fourth-order valence-corrected chi connectivity index (χ4v) is 1.66. The van der Waals surface area contributed by atoms with E-state index in [0.717, 1.165) is 19.3 Å². The lowest BCUT2D eigenvalue weighted by Gasteiger charge is -2.40. The highest BCUT2D eigenvalue weighted by atomic mass is 16.5. The zero-order chi connectivity index (χ0) is 10.6. The minimum absolute atomic E-state index is 0.0736. The van der Waals surface area contributed by atoms with Crippen LogP contribution in [0, 0.1) is 12.3 Å². The molecule has 0 aromatic carbocycles. The topological polar surface area (TPSA) is 29.5 Å². The van der Waals surface area contributed by atoms with E-state index in [1.54, 1.807) is 19.1 Å². The van der Waals surface area contributed by atoms with Crippen molar-refractivity contribution in [2.75, 3.05) is 20.7 Å². The molecule has 0 aromatic heterocycles. The molecule has 0 aliphatic heterocycles. The van der Waals surface area contributed by atoms with Crippen molar-refractivity contribution in [2.24, 2.45) is 0 Å². The van der Waals surface area contributed by atoms with Crippen LogP contribution >= 0.6 is 0 Å². The van der Waals surface area contributed by atoms with Crippen LogP contribution in [0.4, 0.5) is 0 Å². The summed E-state index contributed by atoms with van der Waals surface area (Å²) in [6, 6.07) is 0. The second-order valence-electron chi connectivity index (χ2n) is 3.87. The van der Waals surface area contributed by atoms with Gasteiger partial charge in [0, 0.05) is 14.2 Å². The van der Waals surface area contributed by atoms with Crippen molar-refractivity contribution >= 4 is 5.91 Å². The number of terminal acetylenes is 1. The van der Waals surface area contributed by atoms with Gasteiger partial charge < -0.3 is 9.64 Å². The molecule has 1 saturated carbocycles. The second kappa shape index (κ2) is 4.47. The summed E-state index contributed by atoms with van der Waals surface area (Å²) in [5.74, 6) is 2.53. The molecule has 0 spiro atoms. The first-order chi connectivity index (χ1) is 6.63. The molecule has 78 valence electrons. The maximum atomic E-state index is 11.7. The maximum absolute atomic E-state index is 11.7. The molecule has 0 bridgehead atoms. The largest absolute Gasteiger partial charge is 0.378 e. The summed E-state index contributed by atoms with van der Waals surface area (Å²) >= 11 is 0. The van der Waals surface area contributed by atoms with Crippen molar-refractivity contribution in [2.45, 2.75) is 31.3 Å². The highest BCUT2D eigenvalue weighted by molar-refractivity contribution is 5.77. The summed E-state index contributed by atoms with van der Waals surface area (Å²) in [6.07, 6.45) is 8.72. The fraction of sp³-hybridized carbons (Fsp3) is 0.727. The van der Waals surface area contributed by atoms with E-state index in [1.165, 1.54) is 0 Å². The van der Waals surface area contributed by atoms with E-state index in [9.17, 15) is 4.79 Å². The Labute approximate surface area is 85.4 Å². The summed E-state index contributed by atoms with van der Waals surface area (Å²) in [5.41, 5.74) is -0.195. The van der Waals surface area contributed by atoms with Crippen LogP contribution in [0.15, 0.2) is 0 Å². The summed E-state index contributed by atoms with van der Waals surface area (Å²) in [5, 5.41) is 0. The Morgan fingerprint density at radius 3 is 2.64 bits per heavy atom. The predicted octanol–water partition coefficient (Wildman–Crippen LogP) is 1.04. The molecule has 1 aliphatic rings. The number of methoxy groups -OCH3 is 1. The molecular formula is C11H17NO2. The third-order valence-corrected chi connectivity index (χ3v) is 2.93. The second-order valence-corrected chi connectivity index (χ2v) is 3.87. The molecule has 0 atom stereocenters. The van der Waals surface area contributed by atoms with Gasteiger partial charge in [0.15, 0.2) is 0 Å². The Morgan fingerprint density at radius 2 is 2.29 bits per heavy atom. The number of nitrogens with zero attached hydrogens (tertiary/aromatic N) is 1. The Balaban J connectivity index is 2.43. The predicted molar refractivity (Wildman–Crippen MR) is 54.7 cm³/mol. The smallest absolute Gasteiger partial charge is 0.226 e. The lowest BCUT2D eigenvalue weighted by atomic mass is 9.77. The van der Waals surface area contributed by atoms with Gasteiger partial charge in [-0.15, -0.1) is 6.42 Å². The maximum Gasteiger partial charge on any atom is 0.226 e. The number of carbonyl (C=O) groups is 1. The minimum atomic E-state index is -0.195. The first kappa shape index (κ1) is 11.1. The molecule has 0 N–H and O–H groups in total. The standard InChI is InChI=1S/C11H17NO2/c1-4-8-12(2)10(13)9-11(14-3)6-5-7-11/h1H,5-9H2,2-3H3. The van der Waals surface area contributed by atoms with Crippen LogP contribution in [0.5, 0.6) is 0 Å². The number of amides is 1. The molecular weight excluding hydrogens is 178 g/mol. The number of rotatable bonds is 4. The molecule has 1 rings (SSSR count). The van der Waals surface area contributed by atoms with Crippen molar-refractivity contribution in [3.8, 4) is 12.3 Å². The van der Waals surface area contributed by atoms with E-state index in [0.29, 0.717) is 13.0 Å². The van der Waals surface area contributed by atoms with Crippen molar-refractivity contribution in [3.63, 3.8) is 0 Å². The highest BCUT2D eigenvalue weighted by Crippen LogP contribution is 2.38. The zero-order valence-corrected chi connectivity index (χ0v) is 8.88. The molecule has 3 nitrogen and oxygen atoms in total. The van der Waals surface area contributed by atoms with Gasteiger partial charge in [-0.1, -0.05) is 5.92 Å². The molecule has 0 radical (unpaired) electrons. The van der Waals surface area contributed by atoms with Gasteiger partial charge in [0.25, 0.3) is 0 Å².